The minimum absolute atomic E-state index is 0.106. The van der Waals surface area contributed by atoms with Gasteiger partial charge in [0.2, 0.25) is 5.91 Å². The molecule has 2 aromatic heterocycles. The van der Waals surface area contributed by atoms with Crippen LogP contribution in [0.1, 0.15) is 12.8 Å². The Hall–Kier alpha value is -2.67. The van der Waals surface area contributed by atoms with Gasteiger partial charge in [-0.15, -0.1) is 16.9 Å². The summed E-state index contributed by atoms with van der Waals surface area (Å²) < 4.78 is 5.42. The third-order valence-electron chi connectivity index (χ3n) is 3.14. The van der Waals surface area contributed by atoms with Crippen molar-refractivity contribution in [1.82, 2.24) is 15.2 Å². The van der Waals surface area contributed by atoms with Crippen LogP contribution in [0, 0.1) is 0 Å². The van der Waals surface area contributed by atoms with Gasteiger partial charge in [-0.05, 0) is 36.4 Å². The van der Waals surface area contributed by atoms with Crippen LogP contribution in [0.4, 0.5) is 6.01 Å². The molecule has 0 atom stereocenters. The molecule has 0 spiro atoms. The predicted octanol–water partition coefficient (Wildman–Crippen LogP) is 3.64. The second kappa shape index (κ2) is 8.26. The number of carbonyl (C=O) groups is 1. The number of hydrogen-bond acceptors (Lipinski definition) is 6. The van der Waals surface area contributed by atoms with Crippen LogP contribution in [0.2, 0.25) is 0 Å². The van der Waals surface area contributed by atoms with Gasteiger partial charge in [-0.25, -0.2) is 0 Å². The molecule has 7 heteroatoms. The molecule has 3 aromatic rings. The van der Waals surface area contributed by atoms with Gasteiger partial charge in [-0.1, -0.05) is 23.3 Å². The molecule has 0 saturated heterocycles. The molecular weight excluding hydrogens is 324 g/mol. The SMILES string of the molecule is O=C(CCCSc1ccccc1)Nc1nnc(-c2cccnc2)o1. The summed E-state index contributed by atoms with van der Waals surface area (Å²) in [6, 6.07) is 13.8. The number of benzene rings is 1. The lowest BCUT2D eigenvalue weighted by molar-refractivity contribution is -0.116. The number of carbonyl (C=O) groups excluding carboxylic acids is 1. The smallest absolute Gasteiger partial charge is 0.322 e. The molecule has 0 fully saturated rings. The normalized spacial score (nSPS) is 10.5. The van der Waals surface area contributed by atoms with Gasteiger partial charge in [0.1, 0.15) is 0 Å². The third-order valence-corrected chi connectivity index (χ3v) is 4.24. The van der Waals surface area contributed by atoms with E-state index in [0.29, 0.717) is 17.9 Å². The fraction of sp³-hybridized carbons (Fsp3) is 0.176. The topological polar surface area (TPSA) is 80.9 Å². The van der Waals surface area contributed by atoms with E-state index in [9.17, 15) is 4.79 Å². The molecule has 0 saturated carbocycles. The Labute approximate surface area is 143 Å². The summed E-state index contributed by atoms with van der Waals surface area (Å²) >= 11 is 1.73. The first-order chi connectivity index (χ1) is 11.8. The van der Waals surface area contributed by atoms with Crippen molar-refractivity contribution >= 4 is 23.7 Å². The second-order valence-corrected chi connectivity index (χ2v) is 6.14. The van der Waals surface area contributed by atoms with Gasteiger partial charge >= 0.3 is 6.01 Å². The zero-order chi connectivity index (χ0) is 16.6. The third kappa shape index (κ3) is 4.66. The molecule has 24 heavy (non-hydrogen) atoms. The molecule has 2 heterocycles. The maximum absolute atomic E-state index is 11.9. The molecule has 0 aliphatic rings. The van der Waals surface area contributed by atoms with Crippen LogP contribution in [0.25, 0.3) is 11.5 Å². The number of hydrogen-bond donors (Lipinski definition) is 1. The largest absolute Gasteiger partial charge is 0.403 e. The van der Waals surface area contributed by atoms with Crippen molar-refractivity contribution < 1.29 is 9.21 Å². The number of amides is 1. The highest BCUT2D eigenvalue weighted by molar-refractivity contribution is 7.99. The number of pyridine rings is 1. The fourth-order valence-corrected chi connectivity index (χ4v) is 2.87. The van der Waals surface area contributed by atoms with Crippen LogP contribution in [-0.4, -0.2) is 26.8 Å². The minimum atomic E-state index is -0.134. The summed E-state index contributed by atoms with van der Waals surface area (Å²) in [6.45, 7) is 0. The van der Waals surface area contributed by atoms with E-state index in [1.165, 1.54) is 4.90 Å². The van der Waals surface area contributed by atoms with Gasteiger partial charge in [0, 0.05) is 23.7 Å². The predicted molar refractivity (Wildman–Crippen MR) is 92.6 cm³/mol. The molecule has 1 aromatic carbocycles. The summed E-state index contributed by atoms with van der Waals surface area (Å²) in [5, 5.41) is 10.3. The second-order valence-electron chi connectivity index (χ2n) is 4.97. The summed E-state index contributed by atoms with van der Waals surface area (Å²) in [5.41, 5.74) is 0.713. The van der Waals surface area contributed by atoms with E-state index < -0.39 is 0 Å². The number of nitrogens with zero attached hydrogens (tertiary/aromatic N) is 3. The molecule has 0 radical (unpaired) electrons. The number of rotatable bonds is 7. The molecule has 0 unspecified atom stereocenters. The first-order valence-corrected chi connectivity index (χ1v) is 8.51. The minimum Gasteiger partial charge on any atom is -0.403 e. The highest BCUT2D eigenvalue weighted by Crippen LogP contribution is 2.20. The maximum atomic E-state index is 11.9. The average Bonchev–Trinajstić information content (AvgIpc) is 3.09. The molecule has 122 valence electrons. The van der Waals surface area contributed by atoms with Gasteiger partial charge in [0.15, 0.2) is 0 Å². The zero-order valence-corrected chi connectivity index (χ0v) is 13.7. The Kier molecular flexibility index (Phi) is 5.57. The van der Waals surface area contributed by atoms with Crippen molar-refractivity contribution in [3.8, 4) is 11.5 Å². The summed E-state index contributed by atoms with van der Waals surface area (Å²) in [7, 11) is 0. The lowest BCUT2D eigenvalue weighted by atomic mass is 10.3. The molecule has 0 aliphatic carbocycles. The van der Waals surface area contributed by atoms with Crippen molar-refractivity contribution in [2.24, 2.45) is 0 Å². The van der Waals surface area contributed by atoms with Gasteiger partial charge in [-0.2, -0.15) is 0 Å². The Morgan fingerprint density at radius 3 is 2.79 bits per heavy atom. The number of anilines is 1. The summed E-state index contributed by atoms with van der Waals surface area (Å²) in [6.07, 6.45) is 4.47. The van der Waals surface area contributed by atoms with Crippen molar-refractivity contribution in [1.29, 1.82) is 0 Å². The van der Waals surface area contributed by atoms with Crippen molar-refractivity contribution in [3.63, 3.8) is 0 Å². The first-order valence-electron chi connectivity index (χ1n) is 7.53. The maximum Gasteiger partial charge on any atom is 0.322 e. The number of nitrogens with one attached hydrogen (secondary N) is 1. The Morgan fingerprint density at radius 2 is 2.00 bits per heavy atom. The first kappa shape index (κ1) is 16.2. The summed E-state index contributed by atoms with van der Waals surface area (Å²) in [5.74, 6) is 1.07. The van der Waals surface area contributed by atoms with Crippen LogP contribution in [0.5, 0.6) is 0 Å². The van der Waals surface area contributed by atoms with E-state index in [-0.39, 0.29) is 11.9 Å². The molecule has 1 N–H and O–H groups in total. The van der Waals surface area contributed by atoms with Crippen LogP contribution in [-0.2, 0) is 4.79 Å². The highest BCUT2D eigenvalue weighted by atomic mass is 32.2. The quantitative estimate of drug-likeness (QED) is 0.522. The monoisotopic (exact) mass is 340 g/mol. The molecular formula is C17H16N4O2S. The lowest BCUT2D eigenvalue weighted by Crippen LogP contribution is -2.11. The van der Waals surface area contributed by atoms with E-state index in [1.54, 1.807) is 30.2 Å². The van der Waals surface area contributed by atoms with Crippen LogP contribution in [0.15, 0.2) is 64.2 Å². The highest BCUT2D eigenvalue weighted by Gasteiger charge is 2.11. The van der Waals surface area contributed by atoms with Gasteiger partial charge in [0.25, 0.3) is 5.89 Å². The van der Waals surface area contributed by atoms with Gasteiger partial charge in [-0.3, -0.25) is 15.1 Å². The van der Waals surface area contributed by atoms with Crippen LogP contribution >= 0.6 is 11.8 Å². The van der Waals surface area contributed by atoms with Crippen LogP contribution in [0.3, 0.4) is 0 Å². The van der Waals surface area contributed by atoms with Crippen molar-refractivity contribution in [2.75, 3.05) is 11.1 Å². The fourth-order valence-electron chi connectivity index (χ4n) is 2.00. The Bertz CT molecular complexity index is 778. The zero-order valence-electron chi connectivity index (χ0n) is 12.9. The average molecular weight is 340 g/mol. The van der Waals surface area contributed by atoms with E-state index in [0.717, 1.165) is 12.2 Å². The Balaban J connectivity index is 1.43. The molecule has 0 aliphatic heterocycles. The van der Waals surface area contributed by atoms with Gasteiger partial charge < -0.3 is 4.42 Å². The number of thioether (sulfide) groups is 1. The standard InChI is InChI=1S/C17H16N4O2S/c22-15(9-5-11-24-14-7-2-1-3-8-14)19-17-21-20-16(23-17)13-6-4-10-18-12-13/h1-4,6-8,10,12H,5,9,11H2,(H,19,21,22). The van der Waals surface area contributed by atoms with Crippen LogP contribution < -0.4 is 5.32 Å². The van der Waals surface area contributed by atoms with E-state index in [4.69, 9.17) is 4.42 Å². The van der Waals surface area contributed by atoms with E-state index in [2.05, 4.69) is 32.6 Å². The Morgan fingerprint density at radius 1 is 1.12 bits per heavy atom. The van der Waals surface area contributed by atoms with E-state index >= 15 is 0 Å². The van der Waals surface area contributed by atoms with Crippen molar-refractivity contribution in [3.05, 3.63) is 54.9 Å². The molecule has 0 bridgehead atoms. The molecule has 3 rings (SSSR count). The van der Waals surface area contributed by atoms with Gasteiger partial charge in [0.05, 0.1) is 5.56 Å². The number of aromatic nitrogens is 3. The van der Waals surface area contributed by atoms with Crippen molar-refractivity contribution in [2.45, 2.75) is 17.7 Å². The molecule has 1 amide bonds. The molecule has 6 nitrogen and oxygen atoms in total. The van der Waals surface area contributed by atoms with E-state index in [1.807, 2.05) is 24.3 Å². The lowest BCUT2D eigenvalue weighted by Gasteiger charge is -2.01. The summed E-state index contributed by atoms with van der Waals surface area (Å²) in [4.78, 5) is 17.1.